The molecule has 0 amide bonds. The van der Waals surface area contributed by atoms with Crippen molar-refractivity contribution < 1.29 is 19.0 Å². The maximum Gasteiger partial charge on any atom is 0.331 e. The van der Waals surface area contributed by atoms with Gasteiger partial charge < -0.3 is 14.2 Å². The zero-order valence-electron chi connectivity index (χ0n) is 15.7. The molecule has 5 nitrogen and oxygen atoms in total. The topological polar surface area (TPSA) is 57.7 Å². The Morgan fingerprint density at radius 2 is 1.96 bits per heavy atom. The van der Waals surface area contributed by atoms with Crippen LogP contribution in [0.25, 0.3) is 6.08 Å². The van der Waals surface area contributed by atoms with Gasteiger partial charge in [0.2, 0.25) is 0 Å². The molecule has 0 saturated carbocycles. The van der Waals surface area contributed by atoms with E-state index in [0.29, 0.717) is 24.7 Å². The molecule has 0 saturated heterocycles. The van der Waals surface area contributed by atoms with Crippen molar-refractivity contribution in [2.24, 2.45) is 0 Å². The predicted octanol–water partition coefficient (Wildman–Crippen LogP) is 4.41. The summed E-state index contributed by atoms with van der Waals surface area (Å²) in [6.45, 7) is 8.33. The summed E-state index contributed by atoms with van der Waals surface area (Å²) in [7, 11) is 0. The fourth-order valence-corrected chi connectivity index (χ4v) is 2.16. The average molecular weight is 355 g/mol. The molecule has 138 valence electrons. The van der Waals surface area contributed by atoms with Crippen LogP contribution in [0.15, 0.2) is 48.8 Å². The molecule has 5 heteroatoms. The van der Waals surface area contributed by atoms with E-state index in [1.165, 1.54) is 6.08 Å². The summed E-state index contributed by atoms with van der Waals surface area (Å²) in [4.78, 5) is 15.9. The first kappa shape index (κ1) is 19.5. The quantitative estimate of drug-likeness (QED) is 0.544. The Labute approximate surface area is 154 Å². The largest absolute Gasteiger partial charge is 0.490 e. The van der Waals surface area contributed by atoms with Crippen molar-refractivity contribution in [3.05, 3.63) is 59.9 Å². The van der Waals surface area contributed by atoms with Gasteiger partial charge in [0.15, 0.2) is 11.5 Å². The van der Waals surface area contributed by atoms with E-state index in [-0.39, 0.29) is 5.97 Å². The Morgan fingerprint density at radius 3 is 2.62 bits per heavy atom. The lowest BCUT2D eigenvalue weighted by atomic mass is 10.1. The summed E-state index contributed by atoms with van der Waals surface area (Å²) < 4.78 is 16.8. The predicted molar refractivity (Wildman–Crippen MR) is 101 cm³/mol. The molecule has 0 fully saturated rings. The fraction of sp³-hybridized carbons (Fsp3) is 0.333. The zero-order chi connectivity index (χ0) is 19.0. The minimum atomic E-state index is -0.512. The van der Waals surface area contributed by atoms with Crippen LogP contribution in [0, 0.1) is 0 Å². The van der Waals surface area contributed by atoms with Crippen LogP contribution in [0.4, 0.5) is 0 Å². The van der Waals surface area contributed by atoms with Gasteiger partial charge in [-0.3, -0.25) is 4.98 Å². The van der Waals surface area contributed by atoms with E-state index in [2.05, 4.69) is 4.98 Å². The number of benzene rings is 1. The van der Waals surface area contributed by atoms with E-state index in [4.69, 9.17) is 14.2 Å². The normalized spacial score (nSPS) is 11.4. The van der Waals surface area contributed by atoms with Gasteiger partial charge in [-0.05, 0) is 57.5 Å². The van der Waals surface area contributed by atoms with Gasteiger partial charge in [-0.1, -0.05) is 12.1 Å². The molecule has 0 N–H and O–H groups in total. The minimum Gasteiger partial charge on any atom is -0.490 e. The number of carbonyl (C=O) groups is 1. The molecule has 1 aromatic carbocycles. The lowest BCUT2D eigenvalue weighted by molar-refractivity contribution is -0.148. The number of hydrogen-bond donors (Lipinski definition) is 0. The Kier molecular flexibility index (Phi) is 6.78. The van der Waals surface area contributed by atoms with Crippen molar-refractivity contribution in [1.29, 1.82) is 0 Å². The Morgan fingerprint density at radius 1 is 1.15 bits per heavy atom. The Bertz CT molecular complexity index is 748. The number of carbonyl (C=O) groups excluding carboxylic acids is 1. The lowest BCUT2D eigenvalue weighted by Crippen LogP contribution is -2.22. The van der Waals surface area contributed by atoms with Gasteiger partial charge >= 0.3 is 5.97 Å². The fourth-order valence-electron chi connectivity index (χ4n) is 2.16. The first-order chi connectivity index (χ1) is 12.4. The molecule has 0 spiro atoms. The second-order valence-electron chi connectivity index (χ2n) is 6.66. The first-order valence-corrected chi connectivity index (χ1v) is 8.57. The lowest BCUT2D eigenvalue weighted by Gasteiger charge is -2.18. The molecular weight excluding hydrogens is 330 g/mol. The zero-order valence-corrected chi connectivity index (χ0v) is 15.7. The first-order valence-electron chi connectivity index (χ1n) is 8.57. The summed E-state index contributed by atoms with van der Waals surface area (Å²) in [6.07, 6.45) is 6.59. The van der Waals surface area contributed by atoms with Crippen molar-refractivity contribution in [1.82, 2.24) is 4.98 Å². The maximum atomic E-state index is 11.8. The molecule has 26 heavy (non-hydrogen) atoms. The molecule has 0 aliphatic rings. The van der Waals surface area contributed by atoms with Gasteiger partial charge in [-0.25, -0.2) is 4.79 Å². The highest BCUT2D eigenvalue weighted by atomic mass is 16.6. The SMILES string of the molecule is CCOc1cc(/C=C/C(=O)OC(C)(C)C)ccc1OCc1cccnc1. The maximum absolute atomic E-state index is 11.8. The Hall–Kier alpha value is -2.82. The van der Waals surface area contributed by atoms with Gasteiger partial charge in [-0.15, -0.1) is 0 Å². The van der Waals surface area contributed by atoms with Crippen molar-refractivity contribution >= 4 is 12.0 Å². The summed E-state index contributed by atoms with van der Waals surface area (Å²) in [6, 6.07) is 9.35. The summed E-state index contributed by atoms with van der Waals surface area (Å²) in [5.74, 6) is 0.889. The molecule has 0 unspecified atom stereocenters. The third-order valence-corrected chi connectivity index (χ3v) is 3.20. The van der Waals surface area contributed by atoms with E-state index in [0.717, 1.165) is 11.1 Å². The number of pyridine rings is 1. The van der Waals surface area contributed by atoms with Crippen LogP contribution in [-0.2, 0) is 16.1 Å². The molecule has 0 bridgehead atoms. The van der Waals surface area contributed by atoms with E-state index >= 15 is 0 Å². The number of esters is 1. The number of rotatable bonds is 7. The molecule has 0 aliphatic carbocycles. The highest BCUT2D eigenvalue weighted by Gasteiger charge is 2.14. The molecule has 0 radical (unpaired) electrons. The molecule has 1 aromatic heterocycles. The monoisotopic (exact) mass is 355 g/mol. The van der Waals surface area contributed by atoms with Gasteiger partial charge in [0.25, 0.3) is 0 Å². The molecule has 0 aliphatic heterocycles. The number of nitrogens with zero attached hydrogens (tertiary/aromatic N) is 1. The third-order valence-electron chi connectivity index (χ3n) is 3.20. The number of ether oxygens (including phenoxy) is 3. The van der Waals surface area contributed by atoms with E-state index in [1.807, 2.05) is 58.0 Å². The van der Waals surface area contributed by atoms with E-state index < -0.39 is 5.60 Å². The standard InChI is InChI=1S/C21H25NO4/c1-5-24-19-13-16(9-11-20(23)26-21(2,3)4)8-10-18(19)25-15-17-7-6-12-22-14-17/h6-14H,5,15H2,1-4H3/b11-9+. The summed E-state index contributed by atoms with van der Waals surface area (Å²) >= 11 is 0. The van der Waals surface area contributed by atoms with Crippen molar-refractivity contribution in [2.75, 3.05) is 6.61 Å². The molecular formula is C21H25NO4. The molecule has 2 aromatic rings. The van der Waals surface area contributed by atoms with Gasteiger partial charge in [-0.2, -0.15) is 0 Å². The number of aromatic nitrogens is 1. The highest BCUT2D eigenvalue weighted by molar-refractivity contribution is 5.87. The van der Waals surface area contributed by atoms with Crippen LogP contribution in [-0.4, -0.2) is 23.2 Å². The summed E-state index contributed by atoms with van der Waals surface area (Å²) in [5.41, 5.74) is 1.29. The van der Waals surface area contributed by atoms with Gasteiger partial charge in [0, 0.05) is 24.0 Å². The molecule has 2 rings (SSSR count). The van der Waals surface area contributed by atoms with Crippen molar-refractivity contribution in [3.63, 3.8) is 0 Å². The molecule has 1 heterocycles. The van der Waals surface area contributed by atoms with E-state index in [1.54, 1.807) is 18.5 Å². The van der Waals surface area contributed by atoms with Crippen LogP contribution in [0.3, 0.4) is 0 Å². The highest BCUT2D eigenvalue weighted by Crippen LogP contribution is 2.29. The van der Waals surface area contributed by atoms with Crippen LogP contribution in [0.5, 0.6) is 11.5 Å². The van der Waals surface area contributed by atoms with Crippen molar-refractivity contribution in [2.45, 2.75) is 39.9 Å². The van der Waals surface area contributed by atoms with Crippen LogP contribution < -0.4 is 9.47 Å². The van der Waals surface area contributed by atoms with E-state index in [9.17, 15) is 4.79 Å². The average Bonchev–Trinajstić information content (AvgIpc) is 2.59. The second kappa shape index (κ2) is 9.04. The smallest absolute Gasteiger partial charge is 0.331 e. The van der Waals surface area contributed by atoms with Gasteiger partial charge in [0.05, 0.1) is 6.61 Å². The number of hydrogen-bond acceptors (Lipinski definition) is 5. The van der Waals surface area contributed by atoms with Crippen LogP contribution in [0.1, 0.15) is 38.8 Å². The third kappa shape index (κ3) is 6.59. The van der Waals surface area contributed by atoms with Crippen molar-refractivity contribution in [3.8, 4) is 11.5 Å². The van der Waals surface area contributed by atoms with Gasteiger partial charge in [0.1, 0.15) is 12.2 Å². The summed E-state index contributed by atoms with van der Waals surface area (Å²) in [5, 5.41) is 0. The Balaban J connectivity index is 2.08. The van der Waals surface area contributed by atoms with Crippen LogP contribution >= 0.6 is 0 Å². The van der Waals surface area contributed by atoms with Crippen LogP contribution in [0.2, 0.25) is 0 Å². The second-order valence-corrected chi connectivity index (χ2v) is 6.66. The molecule has 0 atom stereocenters. The minimum absolute atomic E-state index is 0.382.